The topological polar surface area (TPSA) is 153 Å². The maximum atomic E-state index is 12.5. The van der Waals surface area contributed by atoms with Crippen molar-refractivity contribution in [1.29, 1.82) is 0 Å². The normalized spacial score (nSPS) is 24.7. The molecule has 0 radical (unpaired) electrons. The number of imidazole rings is 1. The smallest absolute Gasteiger partial charge is 0.417 e. The second-order valence-electron chi connectivity index (χ2n) is 6.74. The van der Waals surface area contributed by atoms with E-state index >= 15 is 0 Å². The molecule has 14 heteroatoms. The van der Waals surface area contributed by atoms with Crippen LogP contribution >= 0.6 is 0 Å². The first-order valence-corrected chi connectivity index (χ1v) is 10.00. The van der Waals surface area contributed by atoms with Crippen LogP contribution in [0.15, 0.2) is 10.6 Å². The number of aromatic nitrogens is 4. The molecule has 0 unspecified atom stereocenters. The van der Waals surface area contributed by atoms with Gasteiger partial charge < -0.3 is 18.6 Å². The molecule has 3 aliphatic heterocycles. The van der Waals surface area contributed by atoms with Gasteiger partial charge in [-0.25, -0.2) is 9.78 Å². The van der Waals surface area contributed by atoms with Crippen LogP contribution < -0.4 is 0 Å². The van der Waals surface area contributed by atoms with Crippen LogP contribution in [0.3, 0.4) is 0 Å². The fourth-order valence-electron chi connectivity index (χ4n) is 3.75. The third-order valence-electron chi connectivity index (χ3n) is 5.01. The Morgan fingerprint density at radius 2 is 2.14 bits per heavy atom. The summed E-state index contributed by atoms with van der Waals surface area (Å²) in [4.78, 5) is 18.3. The highest BCUT2D eigenvalue weighted by Crippen LogP contribution is 2.38. The first kappa shape index (κ1) is 17.5. The van der Waals surface area contributed by atoms with E-state index in [0.29, 0.717) is 43.4 Å². The van der Waals surface area contributed by atoms with E-state index in [1.807, 2.05) is 10.8 Å². The van der Waals surface area contributed by atoms with Crippen LogP contribution in [0.2, 0.25) is 0 Å². The molecule has 0 saturated carbocycles. The Kier molecular flexibility index (Phi) is 3.90. The van der Waals surface area contributed by atoms with Gasteiger partial charge in [0.15, 0.2) is 0 Å². The lowest BCUT2D eigenvalue weighted by atomic mass is 10.0. The van der Waals surface area contributed by atoms with Crippen LogP contribution in [-0.2, 0) is 32.6 Å². The van der Waals surface area contributed by atoms with Gasteiger partial charge >= 0.3 is 16.4 Å². The van der Waals surface area contributed by atoms with Crippen molar-refractivity contribution in [2.45, 2.75) is 38.1 Å². The number of hydrogen-bond acceptors (Lipinski definition) is 9. The van der Waals surface area contributed by atoms with Gasteiger partial charge in [-0.3, -0.25) is 4.55 Å². The zero-order valence-electron chi connectivity index (χ0n) is 14.5. The third-order valence-corrected chi connectivity index (χ3v) is 5.36. The number of hydroxylamine groups is 2. The van der Waals surface area contributed by atoms with Gasteiger partial charge in [0, 0.05) is 19.3 Å². The zero-order valence-corrected chi connectivity index (χ0v) is 15.3. The van der Waals surface area contributed by atoms with Crippen LogP contribution in [0.5, 0.6) is 0 Å². The van der Waals surface area contributed by atoms with Crippen LogP contribution in [0.4, 0.5) is 4.79 Å². The summed E-state index contributed by atoms with van der Waals surface area (Å²) in [5, 5.41) is 8.77. The molecule has 2 saturated heterocycles. The standard InChI is InChI=1S/C14H16N6O7S/c21-14-19-5-8(20(14)27-28(22,23)24)1-2-10(19)13-17-16-12(26-13)9-6-18-3-4-25-7-11(18)15-9/h6,8,10H,1-5,7H2,(H,22,23,24)/t8-,10+/m1/s1. The predicted molar refractivity (Wildman–Crippen MR) is 87.5 cm³/mol. The van der Waals surface area contributed by atoms with E-state index in [0.717, 1.165) is 5.82 Å². The number of carbonyl (C=O) groups excluding carboxylic acids is 1. The van der Waals surface area contributed by atoms with Gasteiger partial charge in [0.2, 0.25) is 5.89 Å². The molecule has 2 amide bonds. The number of carbonyl (C=O) groups is 1. The maximum absolute atomic E-state index is 12.5. The predicted octanol–water partition coefficient (Wildman–Crippen LogP) is 0.139. The third kappa shape index (κ3) is 2.94. The largest absolute Gasteiger partial charge is 0.418 e. The number of hydrogen-bond donors (Lipinski definition) is 1. The first-order chi connectivity index (χ1) is 13.4. The SMILES string of the molecule is O=C1N2C[C@@H](CC[C@H]2c2nnc(-c3cn4c(n3)COCC4)o2)N1OS(=O)(=O)O. The molecule has 1 N–H and O–H groups in total. The molecular weight excluding hydrogens is 396 g/mol. The summed E-state index contributed by atoms with van der Waals surface area (Å²) < 4.78 is 48.3. The molecule has 2 aromatic heterocycles. The quantitative estimate of drug-likeness (QED) is 0.686. The monoisotopic (exact) mass is 412 g/mol. The van der Waals surface area contributed by atoms with Crippen LogP contribution in [0.1, 0.15) is 30.6 Å². The first-order valence-electron chi connectivity index (χ1n) is 8.63. The Bertz CT molecular complexity index is 1010. The van der Waals surface area contributed by atoms with Crippen molar-refractivity contribution >= 4 is 16.4 Å². The highest BCUT2D eigenvalue weighted by molar-refractivity contribution is 7.80. The Morgan fingerprint density at radius 3 is 2.93 bits per heavy atom. The molecule has 3 aliphatic rings. The molecule has 150 valence electrons. The summed E-state index contributed by atoms with van der Waals surface area (Å²) in [6, 6.07) is -1.67. The van der Waals surface area contributed by atoms with Gasteiger partial charge in [0.1, 0.15) is 24.2 Å². The molecule has 5 heterocycles. The van der Waals surface area contributed by atoms with Crippen molar-refractivity contribution in [3.05, 3.63) is 17.9 Å². The number of piperidine rings is 1. The summed E-state index contributed by atoms with van der Waals surface area (Å²) >= 11 is 0. The van der Waals surface area contributed by atoms with E-state index in [-0.39, 0.29) is 18.3 Å². The van der Waals surface area contributed by atoms with Crippen LogP contribution in [0.25, 0.3) is 11.6 Å². The van der Waals surface area contributed by atoms with Crippen molar-refractivity contribution in [3.63, 3.8) is 0 Å². The molecule has 5 rings (SSSR count). The van der Waals surface area contributed by atoms with Crippen molar-refractivity contribution in [1.82, 2.24) is 29.7 Å². The van der Waals surface area contributed by atoms with Crippen LogP contribution in [-0.4, -0.2) is 67.9 Å². The molecular formula is C14H16N6O7S. The fourth-order valence-corrected chi connectivity index (χ4v) is 4.14. The number of fused-ring (bicyclic) bond motifs is 3. The molecule has 2 aromatic rings. The highest BCUT2D eigenvalue weighted by Gasteiger charge is 2.49. The van der Waals surface area contributed by atoms with E-state index in [1.165, 1.54) is 4.90 Å². The molecule has 2 bridgehead atoms. The molecule has 0 aliphatic carbocycles. The second-order valence-corrected chi connectivity index (χ2v) is 7.75. The van der Waals surface area contributed by atoms with E-state index < -0.39 is 28.5 Å². The van der Waals surface area contributed by atoms with Gasteiger partial charge in [-0.1, -0.05) is 0 Å². The number of rotatable bonds is 4. The molecule has 0 aromatic carbocycles. The molecule has 0 spiro atoms. The lowest BCUT2D eigenvalue weighted by Crippen LogP contribution is -2.35. The summed E-state index contributed by atoms with van der Waals surface area (Å²) in [7, 11) is -4.79. The molecule has 28 heavy (non-hydrogen) atoms. The number of amides is 2. The minimum absolute atomic E-state index is 0.229. The minimum Gasteiger partial charge on any atom is -0.417 e. The number of nitrogens with zero attached hydrogens (tertiary/aromatic N) is 6. The van der Waals surface area contributed by atoms with E-state index in [9.17, 15) is 13.2 Å². The van der Waals surface area contributed by atoms with Gasteiger partial charge in [-0.05, 0) is 12.8 Å². The molecule has 13 nitrogen and oxygen atoms in total. The second kappa shape index (κ2) is 6.23. The van der Waals surface area contributed by atoms with E-state index in [2.05, 4.69) is 19.5 Å². The Balaban J connectivity index is 1.38. The van der Waals surface area contributed by atoms with Crippen molar-refractivity contribution in [2.24, 2.45) is 0 Å². The number of ether oxygens (including phenoxy) is 1. The summed E-state index contributed by atoms with van der Waals surface area (Å²) in [6.07, 6.45) is 2.75. The average molecular weight is 412 g/mol. The number of urea groups is 1. The summed E-state index contributed by atoms with van der Waals surface area (Å²) in [6.45, 7) is 1.95. The highest BCUT2D eigenvalue weighted by atomic mass is 32.3. The Hall–Kier alpha value is -2.55. The van der Waals surface area contributed by atoms with Gasteiger partial charge in [0.25, 0.3) is 5.89 Å². The van der Waals surface area contributed by atoms with Crippen LogP contribution in [0, 0.1) is 0 Å². The van der Waals surface area contributed by atoms with Gasteiger partial charge in [-0.15, -0.1) is 14.5 Å². The average Bonchev–Trinajstić information content (AvgIpc) is 3.35. The minimum atomic E-state index is -4.79. The van der Waals surface area contributed by atoms with Gasteiger partial charge in [0.05, 0.1) is 12.6 Å². The van der Waals surface area contributed by atoms with Gasteiger partial charge in [-0.2, -0.15) is 13.5 Å². The van der Waals surface area contributed by atoms with Crippen molar-refractivity contribution in [2.75, 3.05) is 13.2 Å². The van der Waals surface area contributed by atoms with Crippen molar-refractivity contribution in [3.8, 4) is 11.6 Å². The fraction of sp³-hybridized carbons (Fsp3) is 0.571. The maximum Gasteiger partial charge on any atom is 0.418 e. The summed E-state index contributed by atoms with van der Waals surface area (Å²) in [5.74, 6) is 1.24. The lowest BCUT2D eigenvalue weighted by Gasteiger charge is -2.27. The lowest BCUT2D eigenvalue weighted by molar-refractivity contribution is -0.0317. The zero-order chi connectivity index (χ0) is 19.5. The van der Waals surface area contributed by atoms with E-state index in [4.69, 9.17) is 13.7 Å². The van der Waals surface area contributed by atoms with Crippen molar-refractivity contribution < 1.29 is 31.2 Å². The summed E-state index contributed by atoms with van der Waals surface area (Å²) in [5.41, 5.74) is 0.525. The molecule has 2 fully saturated rings. The Morgan fingerprint density at radius 1 is 1.29 bits per heavy atom. The van der Waals surface area contributed by atoms with E-state index in [1.54, 1.807) is 0 Å². The molecule has 2 atom stereocenters. The Labute approximate surface area is 158 Å².